The number of carbonyl (C=O) groups excluding carboxylic acids is 1. The van der Waals surface area contributed by atoms with Crippen molar-refractivity contribution in [3.63, 3.8) is 0 Å². The maximum Gasteiger partial charge on any atom is 0.283 e. The molecule has 0 fully saturated rings. The number of rotatable bonds is 2. The van der Waals surface area contributed by atoms with Crippen molar-refractivity contribution in [2.45, 2.75) is 13.3 Å². The van der Waals surface area contributed by atoms with Crippen molar-refractivity contribution in [1.29, 1.82) is 5.41 Å². The second-order valence-electron chi connectivity index (χ2n) is 4.39. The Morgan fingerprint density at radius 3 is 2.90 bits per heavy atom. The van der Waals surface area contributed by atoms with Crippen LogP contribution in [0.25, 0.3) is 6.08 Å². The van der Waals surface area contributed by atoms with Crippen molar-refractivity contribution in [1.82, 2.24) is 5.01 Å². The lowest BCUT2D eigenvalue weighted by Gasteiger charge is -2.20. The molecule has 1 amide bonds. The highest BCUT2D eigenvalue weighted by Crippen LogP contribution is 2.29. The van der Waals surface area contributed by atoms with E-state index < -0.39 is 5.91 Å². The minimum Gasteiger partial charge on any atom is -0.282 e. The summed E-state index contributed by atoms with van der Waals surface area (Å²) in [7, 11) is 0. The molecule has 0 aromatic heterocycles. The van der Waals surface area contributed by atoms with Gasteiger partial charge in [0, 0.05) is 4.47 Å². The van der Waals surface area contributed by atoms with E-state index in [0.717, 1.165) is 21.5 Å². The van der Waals surface area contributed by atoms with Crippen molar-refractivity contribution in [3.8, 4) is 0 Å². The summed E-state index contributed by atoms with van der Waals surface area (Å²) >= 11 is 4.77. The Balaban J connectivity index is 2.02. The van der Waals surface area contributed by atoms with E-state index >= 15 is 0 Å². The van der Waals surface area contributed by atoms with E-state index in [0.29, 0.717) is 5.17 Å². The Morgan fingerprint density at radius 1 is 1.43 bits per heavy atom. The first-order chi connectivity index (χ1) is 10.1. The van der Waals surface area contributed by atoms with Crippen LogP contribution in [-0.4, -0.2) is 27.0 Å². The minimum atomic E-state index is -0.401. The number of aliphatic imine (C=N–C) groups is 1. The van der Waals surface area contributed by atoms with Gasteiger partial charge in [-0.15, -0.1) is 0 Å². The number of hydrogen-bond acceptors (Lipinski definition) is 4. The number of amides is 1. The fourth-order valence-corrected chi connectivity index (χ4v) is 3.15. The lowest BCUT2D eigenvalue weighted by Crippen LogP contribution is -2.35. The van der Waals surface area contributed by atoms with Crippen LogP contribution in [0, 0.1) is 5.41 Å². The molecule has 0 atom stereocenters. The van der Waals surface area contributed by atoms with E-state index in [1.54, 1.807) is 6.08 Å². The Hall–Kier alpha value is -1.73. The maximum atomic E-state index is 12.2. The number of hydrogen-bond donors (Lipinski definition) is 1. The Morgan fingerprint density at radius 2 is 2.19 bits per heavy atom. The normalized spacial score (nSPS) is 19.7. The van der Waals surface area contributed by atoms with Crippen molar-refractivity contribution in [3.05, 3.63) is 39.9 Å². The molecule has 2 heterocycles. The highest BCUT2D eigenvalue weighted by atomic mass is 79.9. The Bertz CT molecular complexity index is 738. The summed E-state index contributed by atoms with van der Waals surface area (Å²) in [6.45, 7) is 1.98. The molecule has 106 valence electrons. The molecule has 0 saturated carbocycles. The van der Waals surface area contributed by atoms with Crippen molar-refractivity contribution in [2.24, 2.45) is 10.1 Å². The molecule has 1 N–H and O–H groups in total. The fourth-order valence-electron chi connectivity index (χ4n) is 1.92. The summed E-state index contributed by atoms with van der Waals surface area (Å²) in [5.41, 5.74) is 1.07. The molecule has 1 aromatic carbocycles. The van der Waals surface area contributed by atoms with E-state index in [-0.39, 0.29) is 11.4 Å². The number of carbonyl (C=O) groups is 1. The average molecular weight is 363 g/mol. The molecular weight excluding hydrogens is 352 g/mol. The summed E-state index contributed by atoms with van der Waals surface area (Å²) in [4.78, 5) is 16.2. The third kappa shape index (κ3) is 2.58. The van der Waals surface area contributed by atoms with Crippen LogP contribution >= 0.6 is 27.7 Å². The summed E-state index contributed by atoms with van der Waals surface area (Å²) < 4.78 is 0.862. The standard InChI is InChI=1S/C14H11BrN4OS/c1-2-11-18-19-12(16)9(13(20)17-14(19)21-11)7-8-5-3-4-6-10(8)15/h3-7,16H,2H2,1H3/b9-7+,16-12?. The molecule has 0 saturated heterocycles. The first-order valence-corrected chi connectivity index (χ1v) is 7.94. The van der Waals surface area contributed by atoms with Crippen LogP contribution in [0.15, 0.2) is 44.4 Å². The van der Waals surface area contributed by atoms with Gasteiger partial charge in [-0.2, -0.15) is 15.1 Å². The largest absolute Gasteiger partial charge is 0.283 e. The average Bonchev–Trinajstić information content (AvgIpc) is 2.88. The SMILES string of the molecule is CCC1=NN2C(=N)/C(=C\c3ccccc3Br)C(=O)N=C2S1. The van der Waals surface area contributed by atoms with E-state index in [1.807, 2.05) is 31.2 Å². The second kappa shape index (κ2) is 5.57. The van der Waals surface area contributed by atoms with Crippen LogP contribution in [0.2, 0.25) is 0 Å². The first-order valence-electron chi connectivity index (χ1n) is 6.33. The molecule has 2 aliphatic rings. The van der Waals surface area contributed by atoms with Gasteiger partial charge in [0.2, 0.25) is 5.17 Å². The van der Waals surface area contributed by atoms with Gasteiger partial charge in [-0.25, -0.2) is 0 Å². The number of halogens is 1. The maximum absolute atomic E-state index is 12.2. The molecule has 5 nitrogen and oxygen atoms in total. The van der Waals surface area contributed by atoms with Gasteiger partial charge < -0.3 is 0 Å². The monoisotopic (exact) mass is 362 g/mol. The third-order valence-electron chi connectivity index (χ3n) is 3.00. The van der Waals surface area contributed by atoms with Crippen LogP contribution in [0.4, 0.5) is 0 Å². The topological polar surface area (TPSA) is 68.9 Å². The van der Waals surface area contributed by atoms with E-state index in [1.165, 1.54) is 16.8 Å². The minimum absolute atomic E-state index is 0.0664. The molecule has 0 aliphatic carbocycles. The van der Waals surface area contributed by atoms with Crippen molar-refractivity contribution < 1.29 is 4.79 Å². The van der Waals surface area contributed by atoms with Gasteiger partial charge >= 0.3 is 0 Å². The lowest BCUT2D eigenvalue weighted by molar-refractivity contribution is -0.114. The van der Waals surface area contributed by atoms with E-state index in [2.05, 4.69) is 26.0 Å². The molecular formula is C14H11BrN4OS. The number of fused-ring (bicyclic) bond motifs is 1. The quantitative estimate of drug-likeness (QED) is 0.818. The van der Waals surface area contributed by atoms with Crippen LogP contribution in [0.1, 0.15) is 18.9 Å². The van der Waals surface area contributed by atoms with Crippen molar-refractivity contribution in [2.75, 3.05) is 0 Å². The fraction of sp³-hybridized carbons (Fsp3) is 0.143. The number of amidine groups is 2. The predicted octanol–water partition coefficient (Wildman–Crippen LogP) is 3.48. The van der Waals surface area contributed by atoms with Gasteiger partial charge in [-0.3, -0.25) is 10.2 Å². The van der Waals surface area contributed by atoms with Gasteiger partial charge in [-0.05, 0) is 35.9 Å². The molecule has 21 heavy (non-hydrogen) atoms. The number of nitrogens with zero attached hydrogens (tertiary/aromatic N) is 3. The first kappa shape index (κ1) is 14.2. The Kier molecular flexibility index (Phi) is 3.77. The highest BCUT2D eigenvalue weighted by Gasteiger charge is 2.35. The summed E-state index contributed by atoms with van der Waals surface area (Å²) in [5, 5.41) is 15.3. The molecule has 3 rings (SSSR count). The Labute approximate surface area is 134 Å². The third-order valence-corrected chi connectivity index (χ3v) is 4.78. The number of nitrogens with one attached hydrogen (secondary N) is 1. The summed E-state index contributed by atoms with van der Waals surface area (Å²) in [5.74, 6) is -0.334. The zero-order valence-electron chi connectivity index (χ0n) is 11.1. The van der Waals surface area contributed by atoms with Gasteiger partial charge in [-0.1, -0.05) is 41.1 Å². The van der Waals surface area contributed by atoms with Gasteiger partial charge in [0.15, 0.2) is 5.84 Å². The molecule has 7 heteroatoms. The molecule has 0 radical (unpaired) electrons. The van der Waals surface area contributed by atoms with Crippen LogP contribution < -0.4 is 0 Å². The van der Waals surface area contributed by atoms with E-state index in [4.69, 9.17) is 5.41 Å². The van der Waals surface area contributed by atoms with Crippen LogP contribution in [0.3, 0.4) is 0 Å². The highest BCUT2D eigenvalue weighted by molar-refractivity contribution is 9.10. The number of benzene rings is 1. The lowest BCUT2D eigenvalue weighted by atomic mass is 10.1. The van der Waals surface area contributed by atoms with Gasteiger partial charge in [0.1, 0.15) is 5.04 Å². The predicted molar refractivity (Wildman–Crippen MR) is 89.4 cm³/mol. The van der Waals surface area contributed by atoms with E-state index in [9.17, 15) is 4.79 Å². The molecule has 1 aromatic rings. The number of thioether (sulfide) groups is 1. The zero-order valence-corrected chi connectivity index (χ0v) is 13.5. The number of hydrazone groups is 1. The van der Waals surface area contributed by atoms with Gasteiger partial charge in [0.25, 0.3) is 5.91 Å². The van der Waals surface area contributed by atoms with Crippen molar-refractivity contribution >= 4 is 55.7 Å². The molecule has 0 unspecified atom stereocenters. The smallest absolute Gasteiger partial charge is 0.282 e. The summed E-state index contributed by atoms with van der Waals surface area (Å²) in [6, 6.07) is 7.53. The summed E-state index contributed by atoms with van der Waals surface area (Å²) in [6.07, 6.45) is 2.42. The zero-order chi connectivity index (χ0) is 15.0. The second-order valence-corrected chi connectivity index (χ2v) is 6.28. The van der Waals surface area contributed by atoms with Crippen LogP contribution in [0.5, 0.6) is 0 Å². The molecule has 2 aliphatic heterocycles. The van der Waals surface area contributed by atoms with Gasteiger partial charge in [0.05, 0.1) is 5.57 Å². The molecule has 0 bridgehead atoms. The van der Waals surface area contributed by atoms with Crippen LogP contribution in [-0.2, 0) is 4.79 Å². The molecule has 0 spiro atoms.